The molecule has 1 amide bonds. The largest absolute Gasteiger partial charge is 0.322 e. The number of carbonyl (C=O) groups excluding carboxylic acids is 1. The van der Waals surface area contributed by atoms with Crippen LogP contribution < -0.4 is 14.8 Å². The summed E-state index contributed by atoms with van der Waals surface area (Å²) in [4.78, 5) is 12.0. The molecule has 3 aromatic rings. The van der Waals surface area contributed by atoms with E-state index < -0.39 is 42.5 Å². The van der Waals surface area contributed by atoms with Crippen LogP contribution in [0.1, 0.15) is 17.3 Å². The summed E-state index contributed by atoms with van der Waals surface area (Å²) in [5.41, 5.74) is 0.699. The van der Waals surface area contributed by atoms with E-state index in [2.05, 4.69) is 14.8 Å². The van der Waals surface area contributed by atoms with E-state index in [-0.39, 0.29) is 22.7 Å². The molecule has 0 spiro atoms. The summed E-state index contributed by atoms with van der Waals surface area (Å²) in [6.07, 6.45) is 0. The zero-order chi connectivity index (χ0) is 24.2. The van der Waals surface area contributed by atoms with Crippen LogP contribution in [0.25, 0.3) is 0 Å². The Hall–Kier alpha value is -3.35. The number of rotatable bonds is 8. The molecule has 12 heteroatoms. The van der Waals surface area contributed by atoms with Crippen LogP contribution in [0, 0.1) is 11.6 Å². The lowest BCUT2D eigenvalue weighted by atomic mass is 10.2. The molecule has 0 fully saturated rings. The lowest BCUT2D eigenvalue weighted by molar-refractivity contribution is 0.102. The van der Waals surface area contributed by atoms with E-state index in [0.29, 0.717) is 17.8 Å². The third-order valence-corrected chi connectivity index (χ3v) is 7.30. The lowest BCUT2D eigenvalue weighted by Crippen LogP contribution is -2.23. The molecule has 0 aromatic heterocycles. The Morgan fingerprint density at radius 3 is 1.91 bits per heavy atom. The number of hydrogen-bond donors (Lipinski definition) is 3. The first-order valence-corrected chi connectivity index (χ1v) is 12.5. The zero-order valence-corrected chi connectivity index (χ0v) is 18.8. The van der Waals surface area contributed by atoms with E-state index in [9.17, 15) is 30.4 Å². The number of sulfonamides is 2. The molecule has 0 bridgehead atoms. The molecule has 0 aliphatic carbocycles. The van der Waals surface area contributed by atoms with Gasteiger partial charge in [0.15, 0.2) is 11.6 Å². The fraction of sp³-hybridized carbons (Fsp3) is 0.0952. The van der Waals surface area contributed by atoms with Gasteiger partial charge in [-0.3, -0.25) is 9.52 Å². The molecule has 3 aromatic carbocycles. The first-order valence-electron chi connectivity index (χ1n) is 9.51. The second kappa shape index (κ2) is 9.65. The molecule has 0 aliphatic heterocycles. The fourth-order valence-corrected chi connectivity index (χ4v) is 4.85. The van der Waals surface area contributed by atoms with Gasteiger partial charge in [0, 0.05) is 23.5 Å². The molecule has 33 heavy (non-hydrogen) atoms. The molecular formula is C21H19F2N3O5S2. The third kappa shape index (κ3) is 5.92. The van der Waals surface area contributed by atoms with Gasteiger partial charge in [0.1, 0.15) is 0 Å². The van der Waals surface area contributed by atoms with Crippen molar-refractivity contribution >= 4 is 37.3 Å². The van der Waals surface area contributed by atoms with E-state index in [4.69, 9.17) is 0 Å². The second-order valence-electron chi connectivity index (χ2n) is 6.74. The van der Waals surface area contributed by atoms with E-state index in [1.807, 2.05) is 0 Å². The highest BCUT2D eigenvalue weighted by Crippen LogP contribution is 2.20. The maximum Gasteiger partial charge on any atom is 0.261 e. The monoisotopic (exact) mass is 495 g/mol. The number of benzene rings is 3. The highest BCUT2D eigenvalue weighted by atomic mass is 32.2. The van der Waals surface area contributed by atoms with Gasteiger partial charge < -0.3 is 5.32 Å². The van der Waals surface area contributed by atoms with E-state index in [1.54, 1.807) is 6.92 Å². The van der Waals surface area contributed by atoms with Gasteiger partial charge in [-0.25, -0.2) is 30.3 Å². The van der Waals surface area contributed by atoms with Crippen molar-refractivity contribution in [3.05, 3.63) is 83.9 Å². The van der Waals surface area contributed by atoms with Crippen LogP contribution in [0.3, 0.4) is 0 Å². The molecule has 3 N–H and O–H groups in total. The van der Waals surface area contributed by atoms with Crippen molar-refractivity contribution in [2.75, 3.05) is 16.6 Å². The van der Waals surface area contributed by atoms with Crippen molar-refractivity contribution in [2.45, 2.75) is 16.7 Å². The van der Waals surface area contributed by atoms with E-state index >= 15 is 0 Å². The Labute approximate surface area is 189 Å². The Kier molecular flexibility index (Phi) is 7.10. The Morgan fingerprint density at radius 1 is 0.758 bits per heavy atom. The van der Waals surface area contributed by atoms with Crippen LogP contribution in [0.15, 0.2) is 76.5 Å². The first kappa shape index (κ1) is 24.3. The van der Waals surface area contributed by atoms with Gasteiger partial charge >= 0.3 is 0 Å². The molecule has 0 unspecified atom stereocenters. The maximum absolute atomic E-state index is 13.3. The third-order valence-electron chi connectivity index (χ3n) is 4.36. The Balaban J connectivity index is 1.68. The summed E-state index contributed by atoms with van der Waals surface area (Å²) in [6.45, 7) is 1.88. The van der Waals surface area contributed by atoms with E-state index in [1.165, 1.54) is 48.5 Å². The average Bonchev–Trinajstić information content (AvgIpc) is 2.77. The SMILES string of the molecule is CCNS(=O)(=O)c1ccc(C(=O)Nc2ccc(NS(=O)(=O)c3ccc(F)c(F)c3)cc2)cc1. The van der Waals surface area contributed by atoms with Crippen molar-refractivity contribution in [1.82, 2.24) is 4.72 Å². The van der Waals surface area contributed by atoms with Crippen molar-refractivity contribution < 1.29 is 30.4 Å². The van der Waals surface area contributed by atoms with E-state index in [0.717, 1.165) is 6.07 Å². The topological polar surface area (TPSA) is 121 Å². The van der Waals surface area contributed by atoms with Gasteiger partial charge in [-0.1, -0.05) is 6.92 Å². The predicted molar refractivity (Wildman–Crippen MR) is 119 cm³/mol. The maximum atomic E-state index is 13.3. The van der Waals surface area contributed by atoms with Crippen molar-refractivity contribution in [2.24, 2.45) is 0 Å². The van der Waals surface area contributed by atoms with Gasteiger partial charge in [0.25, 0.3) is 15.9 Å². The van der Waals surface area contributed by atoms with Crippen LogP contribution >= 0.6 is 0 Å². The summed E-state index contributed by atoms with van der Waals surface area (Å²) >= 11 is 0. The predicted octanol–water partition coefficient (Wildman–Crippen LogP) is 3.32. The minimum absolute atomic E-state index is 0.0265. The minimum atomic E-state index is -4.15. The molecule has 0 heterocycles. The molecule has 0 aliphatic rings. The number of hydrogen-bond acceptors (Lipinski definition) is 5. The number of carbonyl (C=O) groups is 1. The van der Waals surface area contributed by atoms with Gasteiger partial charge in [-0.15, -0.1) is 0 Å². The molecule has 0 radical (unpaired) electrons. The number of anilines is 2. The van der Waals surface area contributed by atoms with Gasteiger partial charge in [-0.05, 0) is 66.7 Å². The quantitative estimate of drug-likeness (QED) is 0.443. The van der Waals surface area contributed by atoms with Crippen molar-refractivity contribution in [1.29, 1.82) is 0 Å². The fourth-order valence-electron chi connectivity index (χ4n) is 2.74. The van der Waals surface area contributed by atoms with Crippen molar-refractivity contribution in [3.63, 3.8) is 0 Å². The van der Waals surface area contributed by atoms with Gasteiger partial charge in [-0.2, -0.15) is 0 Å². The number of amides is 1. The second-order valence-corrected chi connectivity index (χ2v) is 10.2. The van der Waals surface area contributed by atoms with Gasteiger partial charge in [0.2, 0.25) is 10.0 Å². The molecule has 174 valence electrons. The highest BCUT2D eigenvalue weighted by molar-refractivity contribution is 7.92. The summed E-state index contributed by atoms with van der Waals surface area (Å²) in [5.74, 6) is -2.95. The Bertz CT molecular complexity index is 1380. The number of nitrogens with one attached hydrogen (secondary N) is 3. The minimum Gasteiger partial charge on any atom is -0.322 e. The van der Waals surface area contributed by atoms with Crippen LogP contribution in [-0.4, -0.2) is 29.3 Å². The molecule has 0 saturated carbocycles. The van der Waals surface area contributed by atoms with Crippen LogP contribution in [0.4, 0.5) is 20.2 Å². The Morgan fingerprint density at radius 2 is 1.33 bits per heavy atom. The lowest BCUT2D eigenvalue weighted by Gasteiger charge is -2.10. The first-order chi connectivity index (χ1) is 15.5. The van der Waals surface area contributed by atoms with Crippen LogP contribution in [-0.2, 0) is 20.0 Å². The highest BCUT2D eigenvalue weighted by Gasteiger charge is 2.17. The molecule has 0 saturated heterocycles. The number of halogens is 2. The summed E-state index contributed by atoms with van der Waals surface area (Å²) < 4.78 is 79.5. The normalized spacial score (nSPS) is 11.7. The summed E-state index contributed by atoms with van der Waals surface area (Å²) in [5, 5.41) is 2.60. The zero-order valence-electron chi connectivity index (χ0n) is 17.2. The standard InChI is InChI=1S/C21H19F2N3O5S2/c1-2-24-32(28,29)17-9-3-14(4-10-17)21(27)25-15-5-7-16(8-6-15)26-33(30,31)18-11-12-19(22)20(23)13-18/h3-13,24,26H,2H2,1H3,(H,25,27). The molecule has 0 atom stereocenters. The summed E-state index contributed by atoms with van der Waals surface area (Å²) in [7, 11) is -7.78. The molecule has 3 rings (SSSR count). The average molecular weight is 496 g/mol. The molecule has 8 nitrogen and oxygen atoms in total. The summed E-state index contributed by atoms with van der Waals surface area (Å²) in [6, 6.07) is 13.2. The van der Waals surface area contributed by atoms with Crippen LogP contribution in [0.2, 0.25) is 0 Å². The molecular weight excluding hydrogens is 476 g/mol. The van der Waals surface area contributed by atoms with Crippen LogP contribution in [0.5, 0.6) is 0 Å². The smallest absolute Gasteiger partial charge is 0.261 e. The van der Waals surface area contributed by atoms with Crippen molar-refractivity contribution in [3.8, 4) is 0 Å². The van der Waals surface area contributed by atoms with Gasteiger partial charge in [0.05, 0.1) is 9.79 Å².